The van der Waals surface area contributed by atoms with E-state index in [4.69, 9.17) is 17.3 Å². The van der Waals surface area contributed by atoms with Crippen molar-refractivity contribution in [2.75, 3.05) is 11.1 Å². The summed E-state index contributed by atoms with van der Waals surface area (Å²) in [5.41, 5.74) is 6.46. The van der Waals surface area contributed by atoms with Crippen LogP contribution in [0.3, 0.4) is 0 Å². The molecule has 0 saturated heterocycles. The van der Waals surface area contributed by atoms with E-state index in [-0.39, 0.29) is 17.0 Å². The maximum absolute atomic E-state index is 11.9. The number of amides is 1. The molecule has 0 atom stereocenters. The van der Waals surface area contributed by atoms with Crippen molar-refractivity contribution in [2.45, 2.75) is 0 Å². The third kappa shape index (κ3) is 2.96. The molecule has 0 bridgehead atoms. The van der Waals surface area contributed by atoms with E-state index in [2.05, 4.69) is 31.2 Å². The fraction of sp³-hybridized carbons (Fsp3) is 0. The van der Waals surface area contributed by atoms with Gasteiger partial charge in [0.25, 0.3) is 5.91 Å². The van der Waals surface area contributed by atoms with Crippen LogP contribution in [-0.4, -0.2) is 15.9 Å². The number of carbonyl (C=O) groups is 1. The number of nitrogen functional groups attached to an aromatic ring is 1. The SMILES string of the molecule is Nc1cc(Br)ccc1C(=O)Nc1nccc(Cl)n1. The quantitative estimate of drug-likeness (QED) is 0.656. The van der Waals surface area contributed by atoms with Crippen molar-refractivity contribution in [1.29, 1.82) is 0 Å². The van der Waals surface area contributed by atoms with E-state index in [1.807, 2.05) is 0 Å². The summed E-state index contributed by atoms with van der Waals surface area (Å²) < 4.78 is 0.801. The standard InChI is InChI=1S/C11H8BrClN4O/c12-6-1-2-7(8(14)5-6)10(18)17-11-15-4-3-9(13)16-11/h1-5H,14H2,(H,15,16,17,18). The Balaban J connectivity index is 2.22. The summed E-state index contributed by atoms with van der Waals surface area (Å²) in [7, 11) is 0. The van der Waals surface area contributed by atoms with Gasteiger partial charge in [0.2, 0.25) is 5.95 Å². The Labute approximate surface area is 117 Å². The van der Waals surface area contributed by atoms with Gasteiger partial charge in [-0.15, -0.1) is 0 Å². The highest BCUT2D eigenvalue weighted by Crippen LogP contribution is 2.19. The number of rotatable bonds is 2. The molecule has 0 spiro atoms. The van der Waals surface area contributed by atoms with Crippen molar-refractivity contribution in [1.82, 2.24) is 9.97 Å². The molecule has 3 N–H and O–H groups in total. The second kappa shape index (κ2) is 5.32. The number of anilines is 2. The normalized spacial score (nSPS) is 10.1. The molecule has 5 nitrogen and oxygen atoms in total. The predicted molar refractivity (Wildman–Crippen MR) is 73.5 cm³/mol. The minimum Gasteiger partial charge on any atom is -0.398 e. The summed E-state index contributed by atoms with van der Waals surface area (Å²) in [6.07, 6.45) is 1.45. The number of carbonyl (C=O) groups excluding carboxylic acids is 1. The highest BCUT2D eigenvalue weighted by Gasteiger charge is 2.11. The van der Waals surface area contributed by atoms with E-state index in [1.54, 1.807) is 18.2 Å². The van der Waals surface area contributed by atoms with Crippen LogP contribution in [-0.2, 0) is 0 Å². The molecule has 0 aliphatic heterocycles. The largest absolute Gasteiger partial charge is 0.398 e. The number of hydrogen-bond donors (Lipinski definition) is 2. The molecular formula is C11H8BrClN4O. The first-order valence-corrected chi connectivity index (χ1v) is 6.08. The second-order valence-corrected chi connectivity index (χ2v) is 4.69. The average Bonchev–Trinajstić information content (AvgIpc) is 2.28. The van der Waals surface area contributed by atoms with Crippen molar-refractivity contribution in [3.05, 3.63) is 45.7 Å². The van der Waals surface area contributed by atoms with Gasteiger partial charge in [0.15, 0.2) is 0 Å². The van der Waals surface area contributed by atoms with Crippen LogP contribution < -0.4 is 11.1 Å². The number of hydrogen-bond acceptors (Lipinski definition) is 4. The lowest BCUT2D eigenvalue weighted by Crippen LogP contribution is -2.15. The Morgan fingerprint density at radius 1 is 1.39 bits per heavy atom. The second-order valence-electron chi connectivity index (χ2n) is 3.39. The van der Waals surface area contributed by atoms with Gasteiger partial charge >= 0.3 is 0 Å². The average molecular weight is 328 g/mol. The Morgan fingerprint density at radius 3 is 2.83 bits per heavy atom. The van der Waals surface area contributed by atoms with E-state index < -0.39 is 0 Å². The van der Waals surface area contributed by atoms with E-state index in [0.717, 1.165) is 4.47 Å². The molecule has 1 aromatic carbocycles. The Bertz CT molecular complexity index is 605. The van der Waals surface area contributed by atoms with Gasteiger partial charge in [-0.05, 0) is 24.3 Å². The van der Waals surface area contributed by atoms with Gasteiger partial charge < -0.3 is 5.73 Å². The topological polar surface area (TPSA) is 80.9 Å². The lowest BCUT2D eigenvalue weighted by Gasteiger charge is -2.06. The van der Waals surface area contributed by atoms with E-state index >= 15 is 0 Å². The zero-order valence-electron chi connectivity index (χ0n) is 9.02. The molecule has 0 fully saturated rings. The van der Waals surface area contributed by atoms with Crippen LogP contribution in [0.2, 0.25) is 5.15 Å². The summed E-state index contributed by atoms with van der Waals surface area (Å²) in [4.78, 5) is 19.7. The zero-order valence-corrected chi connectivity index (χ0v) is 11.4. The number of aromatic nitrogens is 2. The van der Waals surface area contributed by atoms with Crippen LogP contribution in [0.4, 0.5) is 11.6 Å². The molecule has 0 unspecified atom stereocenters. The van der Waals surface area contributed by atoms with E-state index in [0.29, 0.717) is 11.3 Å². The van der Waals surface area contributed by atoms with Gasteiger partial charge in [0.05, 0.1) is 5.56 Å². The summed E-state index contributed by atoms with van der Waals surface area (Å²) in [5, 5.41) is 2.77. The van der Waals surface area contributed by atoms with Crippen LogP contribution in [0.25, 0.3) is 0 Å². The van der Waals surface area contributed by atoms with E-state index in [9.17, 15) is 4.79 Å². The molecule has 1 aromatic heterocycles. The summed E-state index contributed by atoms with van der Waals surface area (Å²) in [6.45, 7) is 0. The molecule has 0 aliphatic rings. The number of nitrogens with two attached hydrogens (primary N) is 1. The van der Waals surface area contributed by atoms with Gasteiger partial charge in [-0.2, -0.15) is 0 Å². The predicted octanol–water partition coefficient (Wildman–Crippen LogP) is 2.73. The molecular weight excluding hydrogens is 320 g/mol. The smallest absolute Gasteiger partial charge is 0.260 e. The van der Waals surface area contributed by atoms with Gasteiger partial charge in [0.1, 0.15) is 5.15 Å². The summed E-state index contributed by atoms with van der Waals surface area (Å²) >= 11 is 8.96. The fourth-order valence-electron chi connectivity index (χ4n) is 1.31. The molecule has 2 rings (SSSR count). The van der Waals surface area contributed by atoms with Gasteiger partial charge in [0, 0.05) is 16.4 Å². The fourth-order valence-corrected chi connectivity index (χ4v) is 1.82. The zero-order chi connectivity index (χ0) is 13.1. The molecule has 7 heteroatoms. The third-order valence-electron chi connectivity index (χ3n) is 2.11. The first-order valence-electron chi connectivity index (χ1n) is 4.91. The van der Waals surface area contributed by atoms with Crippen LogP contribution in [0.1, 0.15) is 10.4 Å². The van der Waals surface area contributed by atoms with E-state index in [1.165, 1.54) is 12.3 Å². The lowest BCUT2D eigenvalue weighted by molar-refractivity contribution is 0.102. The molecule has 1 amide bonds. The van der Waals surface area contributed by atoms with Crippen molar-refractivity contribution < 1.29 is 4.79 Å². The Morgan fingerprint density at radius 2 is 2.17 bits per heavy atom. The molecule has 92 valence electrons. The van der Waals surface area contributed by atoms with Gasteiger partial charge in [-0.3, -0.25) is 10.1 Å². The first-order chi connectivity index (χ1) is 8.56. The minimum atomic E-state index is -0.387. The number of nitrogens with one attached hydrogen (secondary N) is 1. The number of nitrogens with zero attached hydrogens (tertiary/aromatic N) is 2. The first kappa shape index (κ1) is 12.8. The van der Waals surface area contributed by atoms with Crippen molar-refractivity contribution in [2.24, 2.45) is 0 Å². The summed E-state index contributed by atoms with van der Waals surface area (Å²) in [5.74, 6) is -0.253. The molecule has 0 radical (unpaired) electrons. The van der Waals surface area contributed by atoms with Crippen molar-refractivity contribution >= 4 is 45.1 Å². The van der Waals surface area contributed by atoms with Crippen molar-refractivity contribution in [3.8, 4) is 0 Å². The van der Waals surface area contributed by atoms with Gasteiger partial charge in [-0.25, -0.2) is 9.97 Å². The highest BCUT2D eigenvalue weighted by molar-refractivity contribution is 9.10. The molecule has 0 aliphatic carbocycles. The summed E-state index contributed by atoms with van der Waals surface area (Å²) in [6, 6.07) is 6.50. The third-order valence-corrected chi connectivity index (χ3v) is 2.81. The Kier molecular flexibility index (Phi) is 3.78. The minimum absolute atomic E-state index is 0.134. The van der Waals surface area contributed by atoms with Crippen LogP contribution in [0.5, 0.6) is 0 Å². The molecule has 18 heavy (non-hydrogen) atoms. The van der Waals surface area contributed by atoms with Crippen LogP contribution >= 0.6 is 27.5 Å². The maximum Gasteiger partial charge on any atom is 0.260 e. The lowest BCUT2D eigenvalue weighted by atomic mass is 10.2. The van der Waals surface area contributed by atoms with Crippen LogP contribution in [0.15, 0.2) is 34.9 Å². The number of halogens is 2. The van der Waals surface area contributed by atoms with Crippen LogP contribution in [0, 0.1) is 0 Å². The van der Waals surface area contributed by atoms with Crippen molar-refractivity contribution in [3.63, 3.8) is 0 Å². The monoisotopic (exact) mass is 326 g/mol. The molecule has 2 aromatic rings. The maximum atomic E-state index is 11.9. The highest BCUT2D eigenvalue weighted by atomic mass is 79.9. The molecule has 0 saturated carbocycles. The number of benzene rings is 1. The van der Waals surface area contributed by atoms with Gasteiger partial charge in [-0.1, -0.05) is 27.5 Å². The Hall–Kier alpha value is -1.66. The molecule has 1 heterocycles.